The van der Waals surface area contributed by atoms with Crippen molar-refractivity contribution in [2.75, 3.05) is 24.7 Å². The lowest BCUT2D eigenvalue weighted by atomic mass is 9.92. The molecule has 1 aromatic carbocycles. The van der Waals surface area contributed by atoms with Gasteiger partial charge in [-0.15, -0.1) is 0 Å². The van der Waals surface area contributed by atoms with Gasteiger partial charge < -0.3 is 20.7 Å². The number of hydrogen-bond acceptors (Lipinski definition) is 7. The van der Waals surface area contributed by atoms with Crippen LogP contribution in [0.2, 0.25) is 0 Å². The van der Waals surface area contributed by atoms with Crippen molar-refractivity contribution in [2.45, 2.75) is 43.8 Å². The smallest absolute Gasteiger partial charge is 0.416 e. The minimum atomic E-state index is -4.60. The Hall–Kier alpha value is -4.75. The Balaban J connectivity index is 1.37. The maximum absolute atomic E-state index is 15.3. The highest BCUT2D eigenvalue weighted by Gasteiger charge is 2.39. The Kier molecular flexibility index (Phi) is 6.70. The van der Waals surface area contributed by atoms with Crippen LogP contribution in [-0.4, -0.2) is 55.8 Å². The number of anilines is 2. The summed E-state index contributed by atoms with van der Waals surface area (Å²) in [5.74, 6) is -1.25. The highest BCUT2D eigenvalue weighted by molar-refractivity contribution is 6.04. The largest absolute Gasteiger partial charge is 0.496 e. The molecule has 3 N–H and O–H groups in total. The predicted octanol–water partition coefficient (Wildman–Crippen LogP) is 4.66. The Labute approximate surface area is 236 Å². The normalized spacial score (nSPS) is 18.8. The molecule has 0 unspecified atom stereocenters. The molecule has 14 heteroatoms. The van der Waals surface area contributed by atoms with Crippen molar-refractivity contribution < 1.29 is 31.9 Å². The molecule has 2 aliphatic heterocycles. The second-order valence-corrected chi connectivity index (χ2v) is 10.3. The molecule has 0 radical (unpaired) electrons. The van der Waals surface area contributed by atoms with E-state index in [9.17, 15) is 22.8 Å². The molecule has 2 amide bonds. The van der Waals surface area contributed by atoms with E-state index in [1.165, 1.54) is 29.7 Å². The zero-order chi connectivity index (χ0) is 29.8. The summed E-state index contributed by atoms with van der Waals surface area (Å²) in [5.41, 5.74) is 6.21. The Morgan fingerprint density at radius 2 is 1.95 bits per heavy atom. The first-order valence-electron chi connectivity index (χ1n) is 13.2. The number of carbonyl (C=O) groups is 2. The van der Waals surface area contributed by atoms with E-state index in [2.05, 4.69) is 15.3 Å². The van der Waals surface area contributed by atoms with Crippen LogP contribution in [0.15, 0.2) is 42.7 Å². The first-order chi connectivity index (χ1) is 20.0. The number of amides is 2. The number of pyridine rings is 1. The standard InChI is InChI=1S/C28H25F4N7O3/c1-42-19-10-14(27(41)36-21-11-16(8-9-34-21)28(30,31)32)3-6-18(19)23-24-25(33)35-12-20(29)39(24)26(37-23)15-2-4-17-5-7-22(40)38(17)13-15/h3,6,8-12,15,17H,2,4-5,7,13H2,1H3,(H2,33,35)(H,34,36,41)/t15-,17+/m1/s1. The summed E-state index contributed by atoms with van der Waals surface area (Å²) in [6.45, 7) is 0.406. The topological polar surface area (TPSA) is 128 Å². The van der Waals surface area contributed by atoms with Gasteiger partial charge in [0.1, 0.15) is 34.4 Å². The van der Waals surface area contributed by atoms with Gasteiger partial charge in [-0.3, -0.25) is 14.0 Å². The number of fused-ring (bicyclic) bond motifs is 2. The van der Waals surface area contributed by atoms with Gasteiger partial charge in [0.05, 0.1) is 18.9 Å². The lowest BCUT2D eigenvalue weighted by Gasteiger charge is -2.34. The van der Waals surface area contributed by atoms with Crippen molar-refractivity contribution >= 4 is 29.0 Å². The summed E-state index contributed by atoms with van der Waals surface area (Å²) >= 11 is 0. The quantitative estimate of drug-likeness (QED) is 0.327. The van der Waals surface area contributed by atoms with Crippen molar-refractivity contribution in [3.63, 3.8) is 0 Å². The van der Waals surface area contributed by atoms with Gasteiger partial charge in [-0.05, 0) is 49.6 Å². The molecule has 2 atom stereocenters. The van der Waals surface area contributed by atoms with Crippen LogP contribution in [0.4, 0.5) is 29.2 Å². The summed E-state index contributed by atoms with van der Waals surface area (Å²) in [6, 6.07) is 6.07. The Bertz CT molecular complexity index is 1720. The second-order valence-electron chi connectivity index (χ2n) is 10.3. The number of methoxy groups -OCH3 is 1. The third-order valence-electron chi connectivity index (χ3n) is 7.80. The molecular formula is C28H25F4N7O3. The Morgan fingerprint density at radius 1 is 1.14 bits per heavy atom. The summed E-state index contributed by atoms with van der Waals surface area (Å²) in [4.78, 5) is 39.7. The summed E-state index contributed by atoms with van der Waals surface area (Å²) in [5, 5.41) is 2.36. The van der Waals surface area contributed by atoms with Crippen LogP contribution in [0.25, 0.3) is 16.8 Å². The van der Waals surface area contributed by atoms with E-state index in [1.807, 2.05) is 4.90 Å². The molecule has 218 valence electrons. The van der Waals surface area contributed by atoms with Gasteiger partial charge in [0.2, 0.25) is 11.9 Å². The zero-order valence-corrected chi connectivity index (χ0v) is 22.3. The first-order valence-corrected chi connectivity index (χ1v) is 13.2. The number of alkyl halides is 3. The van der Waals surface area contributed by atoms with Gasteiger partial charge in [0, 0.05) is 42.2 Å². The summed E-state index contributed by atoms with van der Waals surface area (Å²) in [6.07, 6.45) is 0.149. The van der Waals surface area contributed by atoms with Crippen LogP contribution in [-0.2, 0) is 11.0 Å². The van der Waals surface area contributed by atoms with E-state index in [1.54, 1.807) is 0 Å². The molecule has 5 heterocycles. The van der Waals surface area contributed by atoms with Crippen molar-refractivity contribution in [3.8, 4) is 17.0 Å². The molecule has 2 aliphatic rings. The number of benzene rings is 1. The maximum Gasteiger partial charge on any atom is 0.416 e. The first kappa shape index (κ1) is 27.4. The number of carbonyl (C=O) groups excluding carboxylic acids is 2. The predicted molar refractivity (Wildman–Crippen MR) is 143 cm³/mol. The van der Waals surface area contributed by atoms with E-state index in [0.717, 1.165) is 37.4 Å². The summed E-state index contributed by atoms with van der Waals surface area (Å²) in [7, 11) is 1.37. The second kappa shape index (κ2) is 10.3. The summed E-state index contributed by atoms with van der Waals surface area (Å²) < 4.78 is 61.4. The molecule has 3 aromatic heterocycles. The number of aromatic nitrogens is 4. The lowest BCUT2D eigenvalue weighted by Crippen LogP contribution is -2.41. The van der Waals surface area contributed by atoms with E-state index in [-0.39, 0.29) is 52.0 Å². The SMILES string of the molecule is COc1cc(C(=O)Nc2cc(C(F)(F)F)ccn2)ccc1-c1nc([C@@H]2CC[C@H]3CCC(=O)N3C2)n2c(F)cnc(N)c12. The molecular weight excluding hydrogens is 558 g/mol. The maximum atomic E-state index is 15.3. The van der Waals surface area contributed by atoms with E-state index in [4.69, 9.17) is 15.5 Å². The van der Waals surface area contributed by atoms with Gasteiger partial charge in [-0.2, -0.15) is 17.6 Å². The third kappa shape index (κ3) is 4.76. The number of hydrogen-bond donors (Lipinski definition) is 2. The van der Waals surface area contributed by atoms with Crippen LogP contribution in [0.5, 0.6) is 5.75 Å². The average Bonchev–Trinajstić information content (AvgIpc) is 3.56. The molecule has 4 aromatic rings. The minimum Gasteiger partial charge on any atom is -0.496 e. The van der Waals surface area contributed by atoms with Crippen LogP contribution in [0, 0.1) is 5.95 Å². The van der Waals surface area contributed by atoms with Crippen LogP contribution < -0.4 is 15.8 Å². The third-order valence-corrected chi connectivity index (χ3v) is 7.80. The molecule has 0 saturated carbocycles. The van der Waals surface area contributed by atoms with Gasteiger partial charge in [0.15, 0.2) is 0 Å². The number of rotatable bonds is 5. The van der Waals surface area contributed by atoms with Crippen LogP contribution in [0.3, 0.4) is 0 Å². The van der Waals surface area contributed by atoms with Crippen LogP contribution >= 0.6 is 0 Å². The number of imidazole rings is 1. The number of piperidine rings is 1. The fraction of sp³-hybridized carbons (Fsp3) is 0.321. The molecule has 2 fully saturated rings. The molecule has 10 nitrogen and oxygen atoms in total. The van der Waals surface area contributed by atoms with Crippen molar-refractivity contribution in [1.29, 1.82) is 0 Å². The van der Waals surface area contributed by atoms with E-state index in [0.29, 0.717) is 30.8 Å². The van der Waals surface area contributed by atoms with E-state index >= 15 is 4.39 Å². The average molecular weight is 584 g/mol. The minimum absolute atomic E-state index is 0.0237. The van der Waals surface area contributed by atoms with Gasteiger partial charge in [-0.25, -0.2) is 15.0 Å². The molecule has 6 rings (SSSR count). The Morgan fingerprint density at radius 3 is 2.71 bits per heavy atom. The van der Waals surface area contributed by atoms with Crippen molar-refractivity contribution in [2.24, 2.45) is 0 Å². The van der Waals surface area contributed by atoms with Gasteiger partial charge >= 0.3 is 6.18 Å². The van der Waals surface area contributed by atoms with Gasteiger partial charge in [0.25, 0.3) is 5.91 Å². The van der Waals surface area contributed by atoms with Crippen LogP contribution in [0.1, 0.15) is 53.3 Å². The number of nitrogens with zero attached hydrogens (tertiary/aromatic N) is 5. The number of ether oxygens (including phenoxy) is 1. The van der Waals surface area contributed by atoms with Gasteiger partial charge in [-0.1, -0.05) is 0 Å². The number of nitrogen functional groups attached to an aromatic ring is 1. The lowest BCUT2D eigenvalue weighted by molar-refractivity contribution is -0.137. The molecule has 0 bridgehead atoms. The van der Waals surface area contributed by atoms with Crippen molar-refractivity contribution in [3.05, 3.63) is 65.6 Å². The highest BCUT2D eigenvalue weighted by Crippen LogP contribution is 2.40. The molecule has 42 heavy (non-hydrogen) atoms. The number of nitrogens with two attached hydrogens (primary N) is 1. The fourth-order valence-corrected chi connectivity index (χ4v) is 5.76. The molecule has 0 aliphatic carbocycles. The van der Waals surface area contributed by atoms with Crippen molar-refractivity contribution in [1.82, 2.24) is 24.3 Å². The monoisotopic (exact) mass is 583 g/mol. The molecule has 0 spiro atoms. The van der Waals surface area contributed by atoms with E-state index < -0.39 is 23.6 Å². The fourth-order valence-electron chi connectivity index (χ4n) is 5.76. The number of halogens is 4. The highest BCUT2D eigenvalue weighted by atomic mass is 19.4. The number of nitrogens with one attached hydrogen (secondary N) is 1. The zero-order valence-electron chi connectivity index (χ0n) is 22.3. The molecule has 2 saturated heterocycles.